The zero-order chi connectivity index (χ0) is 10.3. The van der Waals surface area contributed by atoms with Crippen molar-refractivity contribution < 1.29 is 19.7 Å². The Balaban J connectivity index is 3.79. The number of carbonyl (C=O) groups is 1. The van der Waals surface area contributed by atoms with Crippen LogP contribution in [0.25, 0.3) is 0 Å². The minimum atomic E-state index is -1.40. The first-order valence-corrected chi connectivity index (χ1v) is 4.66. The van der Waals surface area contributed by atoms with E-state index < -0.39 is 18.2 Å². The number of hydrogen-bond donors (Lipinski definition) is 2. The average Bonchev–Trinajstić information content (AvgIpc) is 2.13. The third-order valence-corrected chi connectivity index (χ3v) is 1.75. The van der Waals surface area contributed by atoms with Gasteiger partial charge in [-0.15, -0.1) is 0 Å². The standard InChI is InChI=1S/C9H18O4/c1-3-5-6-7(10)8(11)9(12)13-4-2/h7-8,10-11H,3-6H2,1-2H3/t7-,8+/m1/s1. The molecule has 13 heavy (non-hydrogen) atoms. The van der Waals surface area contributed by atoms with Crippen LogP contribution in [0.15, 0.2) is 0 Å². The van der Waals surface area contributed by atoms with E-state index in [2.05, 4.69) is 4.74 Å². The molecule has 0 saturated carbocycles. The molecule has 0 saturated heterocycles. The highest BCUT2D eigenvalue weighted by Crippen LogP contribution is 2.06. The van der Waals surface area contributed by atoms with Crippen LogP contribution in [0.2, 0.25) is 0 Å². The minimum absolute atomic E-state index is 0.219. The second-order valence-electron chi connectivity index (χ2n) is 2.91. The molecule has 78 valence electrons. The topological polar surface area (TPSA) is 66.8 Å². The molecule has 0 aromatic carbocycles. The second-order valence-corrected chi connectivity index (χ2v) is 2.91. The van der Waals surface area contributed by atoms with Crippen molar-refractivity contribution in [3.63, 3.8) is 0 Å². The van der Waals surface area contributed by atoms with Crippen molar-refractivity contribution in [1.82, 2.24) is 0 Å². The van der Waals surface area contributed by atoms with Gasteiger partial charge in [0.05, 0.1) is 12.7 Å². The van der Waals surface area contributed by atoms with E-state index in [1.165, 1.54) is 0 Å². The van der Waals surface area contributed by atoms with E-state index in [0.29, 0.717) is 6.42 Å². The first kappa shape index (κ1) is 12.4. The van der Waals surface area contributed by atoms with Crippen LogP contribution >= 0.6 is 0 Å². The molecule has 0 bridgehead atoms. The fourth-order valence-corrected chi connectivity index (χ4v) is 0.956. The summed E-state index contributed by atoms with van der Waals surface area (Å²) >= 11 is 0. The lowest BCUT2D eigenvalue weighted by molar-refractivity contribution is -0.159. The monoisotopic (exact) mass is 190 g/mol. The van der Waals surface area contributed by atoms with Gasteiger partial charge in [0.15, 0.2) is 6.10 Å². The summed E-state index contributed by atoms with van der Waals surface area (Å²) in [5.41, 5.74) is 0. The molecule has 0 fully saturated rings. The van der Waals surface area contributed by atoms with Crippen LogP contribution in [-0.2, 0) is 9.53 Å². The van der Waals surface area contributed by atoms with Crippen LogP contribution in [0.4, 0.5) is 0 Å². The summed E-state index contributed by atoms with van der Waals surface area (Å²) in [6.07, 6.45) is -0.258. The summed E-state index contributed by atoms with van der Waals surface area (Å²) in [4.78, 5) is 10.9. The molecule has 0 aliphatic carbocycles. The largest absolute Gasteiger partial charge is 0.464 e. The van der Waals surface area contributed by atoms with Crippen LogP contribution in [0.5, 0.6) is 0 Å². The zero-order valence-corrected chi connectivity index (χ0v) is 8.19. The lowest BCUT2D eigenvalue weighted by Gasteiger charge is -2.15. The van der Waals surface area contributed by atoms with Crippen molar-refractivity contribution >= 4 is 5.97 Å². The maximum Gasteiger partial charge on any atom is 0.337 e. The molecular weight excluding hydrogens is 172 g/mol. The molecule has 0 spiro atoms. The molecule has 0 aromatic heterocycles. The minimum Gasteiger partial charge on any atom is -0.464 e. The molecule has 0 rings (SSSR count). The van der Waals surface area contributed by atoms with Crippen LogP contribution in [0.1, 0.15) is 33.1 Å². The summed E-state index contributed by atoms with van der Waals surface area (Å²) in [5, 5.41) is 18.5. The summed E-state index contributed by atoms with van der Waals surface area (Å²) < 4.78 is 4.56. The Kier molecular flexibility index (Phi) is 6.54. The molecule has 0 amide bonds. The number of esters is 1. The van der Waals surface area contributed by atoms with E-state index >= 15 is 0 Å². The normalized spacial score (nSPS) is 15.1. The van der Waals surface area contributed by atoms with E-state index in [1.807, 2.05) is 6.92 Å². The van der Waals surface area contributed by atoms with Gasteiger partial charge in [0.25, 0.3) is 0 Å². The van der Waals surface area contributed by atoms with Crippen LogP contribution < -0.4 is 0 Å². The molecule has 0 aliphatic rings. The maximum absolute atomic E-state index is 10.9. The van der Waals surface area contributed by atoms with Gasteiger partial charge in [-0.3, -0.25) is 0 Å². The van der Waals surface area contributed by atoms with Gasteiger partial charge in [-0.05, 0) is 13.3 Å². The van der Waals surface area contributed by atoms with Crippen molar-refractivity contribution in [2.75, 3.05) is 6.61 Å². The highest BCUT2D eigenvalue weighted by Gasteiger charge is 2.24. The van der Waals surface area contributed by atoms with Gasteiger partial charge in [0.1, 0.15) is 0 Å². The van der Waals surface area contributed by atoms with E-state index in [9.17, 15) is 15.0 Å². The Hall–Kier alpha value is -0.610. The summed E-state index contributed by atoms with van der Waals surface area (Å²) in [5.74, 6) is -0.744. The number of rotatable bonds is 6. The molecule has 2 atom stereocenters. The summed E-state index contributed by atoms with van der Waals surface area (Å²) in [7, 11) is 0. The number of hydrogen-bond acceptors (Lipinski definition) is 4. The first-order valence-electron chi connectivity index (χ1n) is 4.66. The number of ether oxygens (including phenoxy) is 1. The highest BCUT2D eigenvalue weighted by molar-refractivity contribution is 5.75. The lowest BCUT2D eigenvalue weighted by atomic mass is 10.1. The van der Waals surface area contributed by atoms with Crippen molar-refractivity contribution in [2.24, 2.45) is 0 Å². The fourth-order valence-electron chi connectivity index (χ4n) is 0.956. The van der Waals surface area contributed by atoms with Gasteiger partial charge in [-0.2, -0.15) is 0 Å². The van der Waals surface area contributed by atoms with Crippen LogP contribution in [0, 0.1) is 0 Å². The zero-order valence-electron chi connectivity index (χ0n) is 8.19. The number of aliphatic hydroxyl groups is 2. The fraction of sp³-hybridized carbons (Fsp3) is 0.889. The summed E-state index contributed by atoms with van der Waals surface area (Å²) in [6, 6.07) is 0. The third kappa shape index (κ3) is 4.85. The van der Waals surface area contributed by atoms with Crippen molar-refractivity contribution in [1.29, 1.82) is 0 Å². The van der Waals surface area contributed by atoms with E-state index in [0.717, 1.165) is 12.8 Å². The van der Waals surface area contributed by atoms with E-state index in [-0.39, 0.29) is 6.61 Å². The van der Waals surface area contributed by atoms with Crippen LogP contribution in [0.3, 0.4) is 0 Å². The molecule has 2 N–H and O–H groups in total. The van der Waals surface area contributed by atoms with Gasteiger partial charge < -0.3 is 14.9 Å². The number of aliphatic hydroxyl groups excluding tert-OH is 2. The molecule has 0 aromatic rings. The SMILES string of the molecule is CCCC[C@@H](O)[C@H](O)C(=O)OCC. The van der Waals surface area contributed by atoms with Gasteiger partial charge >= 0.3 is 5.97 Å². The predicted octanol–water partition coefficient (Wildman–Crippen LogP) is 0.462. The van der Waals surface area contributed by atoms with Gasteiger partial charge in [-0.1, -0.05) is 19.8 Å². The molecule has 0 radical (unpaired) electrons. The number of carbonyl (C=O) groups excluding carboxylic acids is 1. The Labute approximate surface area is 78.5 Å². The summed E-state index contributed by atoms with van der Waals surface area (Å²) in [6.45, 7) is 3.85. The van der Waals surface area contributed by atoms with Gasteiger partial charge in [0.2, 0.25) is 0 Å². The number of unbranched alkanes of at least 4 members (excludes halogenated alkanes) is 1. The second kappa shape index (κ2) is 6.86. The average molecular weight is 190 g/mol. The van der Waals surface area contributed by atoms with E-state index in [4.69, 9.17) is 0 Å². The first-order chi connectivity index (χ1) is 6.13. The lowest BCUT2D eigenvalue weighted by Crippen LogP contribution is -2.35. The third-order valence-electron chi connectivity index (χ3n) is 1.75. The predicted molar refractivity (Wildman–Crippen MR) is 48.2 cm³/mol. The van der Waals surface area contributed by atoms with Gasteiger partial charge in [-0.25, -0.2) is 4.79 Å². The van der Waals surface area contributed by atoms with Crippen molar-refractivity contribution in [2.45, 2.75) is 45.3 Å². The maximum atomic E-state index is 10.9. The Morgan fingerprint density at radius 3 is 2.46 bits per heavy atom. The Bertz CT molecular complexity index is 147. The highest BCUT2D eigenvalue weighted by atomic mass is 16.5. The molecule has 0 unspecified atom stereocenters. The van der Waals surface area contributed by atoms with Crippen molar-refractivity contribution in [3.8, 4) is 0 Å². The molecule has 0 aliphatic heterocycles. The van der Waals surface area contributed by atoms with E-state index in [1.54, 1.807) is 6.92 Å². The Morgan fingerprint density at radius 1 is 1.38 bits per heavy atom. The molecule has 0 heterocycles. The Morgan fingerprint density at radius 2 is 2.00 bits per heavy atom. The van der Waals surface area contributed by atoms with Crippen molar-refractivity contribution in [3.05, 3.63) is 0 Å². The molecule has 4 nitrogen and oxygen atoms in total. The van der Waals surface area contributed by atoms with Gasteiger partial charge in [0, 0.05) is 0 Å². The molecular formula is C9H18O4. The quantitative estimate of drug-likeness (QED) is 0.597. The molecule has 4 heteroatoms. The van der Waals surface area contributed by atoms with Crippen LogP contribution in [-0.4, -0.2) is 35.0 Å². The smallest absolute Gasteiger partial charge is 0.337 e.